The smallest absolute Gasteiger partial charge is 0.306 e. The molecule has 1 aliphatic carbocycles. The summed E-state index contributed by atoms with van der Waals surface area (Å²) in [5.41, 5.74) is 1.79. The van der Waals surface area contributed by atoms with Crippen molar-refractivity contribution in [3.05, 3.63) is 29.8 Å². The molecule has 0 aromatic heterocycles. The molecule has 0 atom stereocenters. The largest absolute Gasteiger partial charge is 0.456 e. The van der Waals surface area contributed by atoms with E-state index in [1.807, 2.05) is 31.2 Å². The van der Waals surface area contributed by atoms with Gasteiger partial charge in [0.05, 0.1) is 0 Å². The molecule has 2 rings (SSSR count). The maximum absolute atomic E-state index is 11.7. The molecule has 108 valence electrons. The highest BCUT2D eigenvalue weighted by atomic mass is 16.5. The molecule has 1 aromatic rings. The Labute approximate surface area is 119 Å². The Bertz CT molecular complexity index is 478. The first-order valence-electron chi connectivity index (χ1n) is 7.15. The zero-order valence-corrected chi connectivity index (χ0v) is 11.9. The van der Waals surface area contributed by atoms with Crippen LogP contribution in [-0.2, 0) is 14.3 Å². The Balaban J connectivity index is 1.70. The van der Waals surface area contributed by atoms with E-state index in [0.29, 0.717) is 12.3 Å². The predicted molar refractivity (Wildman–Crippen MR) is 77.3 cm³/mol. The van der Waals surface area contributed by atoms with Crippen LogP contribution in [0.25, 0.3) is 0 Å². The van der Waals surface area contributed by atoms with Crippen molar-refractivity contribution in [1.82, 2.24) is 0 Å². The molecule has 0 heterocycles. The molecule has 20 heavy (non-hydrogen) atoms. The third-order valence-corrected chi connectivity index (χ3v) is 3.60. The third kappa shape index (κ3) is 4.68. The van der Waals surface area contributed by atoms with Crippen LogP contribution < -0.4 is 5.32 Å². The number of nitrogens with one attached hydrogen (secondary N) is 1. The van der Waals surface area contributed by atoms with Crippen molar-refractivity contribution < 1.29 is 14.3 Å². The molecule has 0 radical (unpaired) electrons. The maximum Gasteiger partial charge on any atom is 0.306 e. The number of ether oxygens (including phenoxy) is 1. The van der Waals surface area contributed by atoms with Gasteiger partial charge in [0.1, 0.15) is 0 Å². The molecule has 1 aliphatic rings. The van der Waals surface area contributed by atoms with Gasteiger partial charge < -0.3 is 10.1 Å². The number of benzene rings is 1. The Morgan fingerprint density at radius 2 is 2.05 bits per heavy atom. The van der Waals surface area contributed by atoms with Crippen molar-refractivity contribution >= 4 is 17.6 Å². The number of hydrogen-bond donors (Lipinski definition) is 1. The van der Waals surface area contributed by atoms with Crippen molar-refractivity contribution in [2.75, 3.05) is 11.9 Å². The predicted octanol–water partition coefficient (Wildman–Crippen LogP) is 3.06. The number of carbonyl (C=O) groups is 2. The quantitative estimate of drug-likeness (QED) is 0.840. The fraction of sp³-hybridized carbons (Fsp3) is 0.500. The Morgan fingerprint density at radius 1 is 1.30 bits per heavy atom. The Hall–Kier alpha value is -1.84. The van der Waals surface area contributed by atoms with E-state index in [0.717, 1.165) is 24.1 Å². The Kier molecular flexibility index (Phi) is 5.16. The van der Waals surface area contributed by atoms with Crippen LogP contribution >= 0.6 is 0 Å². The molecule has 0 unspecified atom stereocenters. The number of aryl methyl sites for hydroxylation is 1. The lowest BCUT2D eigenvalue weighted by Crippen LogP contribution is -2.21. The fourth-order valence-corrected chi connectivity index (χ4v) is 2.58. The number of rotatable bonds is 5. The van der Waals surface area contributed by atoms with Crippen molar-refractivity contribution in [3.8, 4) is 0 Å². The monoisotopic (exact) mass is 275 g/mol. The zero-order valence-electron chi connectivity index (χ0n) is 11.9. The van der Waals surface area contributed by atoms with E-state index in [9.17, 15) is 9.59 Å². The van der Waals surface area contributed by atoms with Crippen LogP contribution in [0.1, 0.15) is 37.7 Å². The van der Waals surface area contributed by atoms with Gasteiger partial charge in [0.25, 0.3) is 5.91 Å². The van der Waals surface area contributed by atoms with Gasteiger partial charge in [0, 0.05) is 12.1 Å². The minimum absolute atomic E-state index is 0.209. The van der Waals surface area contributed by atoms with E-state index < -0.39 is 0 Å². The SMILES string of the molecule is Cc1cccc(NC(=O)COC(=O)CC2CCCC2)c1. The molecular formula is C16H21NO3. The van der Waals surface area contributed by atoms with Crippen molar-refractivity contribution in [1.29, 1.82) is 0 Å². The van der Waals surface area contributed by atoms with Crippen molar-refractivity contribution in [2.45, 2.75) is 39.0 Å². The minimum atomic E-state index is -0.296. The average molecular weight is 275 g/mol. The van der Waals surface area contributed by atoms with Crippen molar-refractivity contribution in [2.24, 2.45) is 5.92 Å². The lowest BCUT2D eigenvalue weighted by atomic mass is 10.1. The second-order valence-electron chi connectivity index (χ2n) is 5.43. The van der Waals surface area contributed by atoms with Gasteiger partial charge >= 0.3 is 5.97 Å². The molecule has 4 nitrogen and oxygen atoms in total. The molecule has 0 spiro atoms. The van der Waals surface area contributed by atoms with E-state index in [1.165, 1.54) is 12.8 Å². The zero-order chi connectivity index (χ0) is 14.4. The number of amides is 1. The van der Waals surface area contributed by atoms with Gasteiger partial charge in [-0.2, -0.15) is 0 Å². The highest BCUT2D eigenvalue weighted by molar-refractivity contribution is 5.92. The van der Waals surface area contributed by atoms with Crippen LogP contribution in [0.5, 0.6) is 0 Å². The summed E-state index contributed by atoms with van der Waals surface area (Å²) >= 11 is 0. The average Bonchev–Trinajstić information content (AvgIpc) is 2.89. The minimum Gasteiger partial charge on any atom is -0.456 e. The summed E-state index contributed by atoms with van der Waals surface area (Å²) < 4.78 is 5.02. The van der Waals surface area contributed by atoms with Crippen LogP contribution in [0, 0.1) is 12.8 Å². The number of carbonyl (C=O) groups excluding carboxylic acids is 2. The molecule has 0 saturated heterocycles. The van der Waals surface area contributed by atoms with E-state index in [4.69, 9.17) is 4.74 Å². The van der Waals surface area contributed by atoms with Gasteiger partial charge in [0.2, 0.25) is 0 Å². The van der Waals surface area contributed by atoms with Gasteiger partial charge in [-0.05, 0) is 43.4 Å². The van der Waals surface area contributed by atoms with Crippen LogP contribution in [0.15, 0.2) is 24.3 Å². The summed E-state index contributed by atoms with van der Waals surface area (Å²) in [5.74, 6) is -0.117. The van der Waals surface area contributed by atoms with Gasteiger partial charge in [-0.25, -0.2) is 0 Å². The summed E-state index contributed by atoms with van der Waals surface area (Å²) in [6.45, 7) is 1.75. The van der Waals surface area contributed by atoms with Crippen molar-refractivity contribution in [3.63, 3.8) is 0 Å². The normalized spacial score (nSPS) is 15.1. The first-order chi connectivity index (χ1) is 9.63. The van der Waals surface area contributed by atoms with E-state index in [1.54, 1.807) is 0 Å². The molecule has 1 amide bonds. The highest BCUT2D eigenvalue weighted by Crippen LogP contribution is 2.27. The lowest BCUT2D eigenvalue weighted by molar-refractivity contribution is -0.148. The standard InChI is InChI=1S/C16H21NO3/c1-12-5-4-8-14(9-12)17-15(18)11-20-16(19)10-13-6-2-3-7-13/h4-5,8-9,13H,2-3,6-7,10-11H2,1H3,(H,17,18). The van der Waals surface area contributed by atoms with Gasteiger partial charge in [-0.1, -0.05) is 25.0 Å². The molecule has 1 N–H and O–H groups in total. The first-order valence-corrected chi connectivity index (χ1v) is 7.15. The number of anilines is 1. The summed E-state index contributed by atoms with van der Waals surface area (Å²) in [6.07, 6.45) is 5.05. The van der Waals surface area contributed by atoms with Gasteiger partial charge in [0.15, 0.2) is 6.61 Å². The van der Waals surface area contributed by atoms with Crippen LogP contribution in [0.3, 0.4) is 0 Å². The van der Waals surface area contributed by atoms with E-state index >= 15 is 0 Å². The second-order valence-corrected chi connectivity index (χ2v) is 5.43. The number of esters is 1. The fourth-order valence-electron chi connectivity index (χ4n) is 2.58. The van der Waals surface area contributed by atoms with Crippen LogP contribution in [-0.4, -0.2) is 18.5 Å². The first kappa shape index (κ1) is 14.6. The number of hydrogen-bond acceptors (Lipinski definition) is 3. The molecule has 0 bridgehead atoms. The summed E-state index contributed by atoms with van der Waals surface area (Å²) in [5, 5.41) is 2.72. The van der Waals surface area contributed by atoms with Crippen LogP contribution in [0.4, 0.5) is 5.69 Å². The van der Waals surface area contributed by atoms with E-state index in [-0.39, 0.29) is 18.5 Å². The van der Waals surface area contributed by atoms with E-state index in [2.05, 4.69) is 5.32 Å². The second kappa shape index (κ2) is 7.08. The third-order valence-electron chi connectivity index (χ3n) is 3.60. The van der Waals surface area contributed by atoms with Crippen LogP contribution in [0.2, 0.25) is 0 Å². The topological polar surface area (TPSA) is 55.4 Å². The Morgan fingerprint density at radius 3 is 2.75 bits per heavy atom. The lowest BCUT2D eigenvalue weighted by Gasteiger charge is -2.09. The highest BCUT2D eigenvalue weighted by Gasteiger charge is 2.19. The maximum atomic E-state index is 11.7. The molecule has 1 aromatic carbocycles. The molecule has 1 fully saturated rings. The summed E-state index contributed by atoms with van der Waals surface area (Å²) in [4.78, 5) is 23.3. The van der Waals surface area contributed by atoms with Gasteiger partial charge in [-0.15, -0.1) is 0 Å². The summed E-state index contributed by atoms with van der Waals surface area (Å²) in [7, 11) is 0. The summed E-state index contributed by atoms with van der Waals surface area (Å²) in [6, 6.07) is 7.51. The van der Waals surface area contributed by atoms with Gasteiger partial charge in [-0.3, -0.25) is 9.59 Å². The molecular weight excluding hydrogens is 254 g/mol. The molecule has 4 heteroatoms. The molecule has 1 saturated carbocycles. The molecule has 0 aliphatic heterocycles.